The molecule has 0 amide bonds. The number of rotatable bonds is 3. The summed E-state index contributed by atoms with van der Waals surface area (Å²) >= 11 is 0. The molecule has 5 heteroatoms. The molecule has 0 aliphatic carbocycles. The van der Waals surface area contributed by atoms with Gasteiger partial charge in [0.2, 0.25) is 5.71 Å². The highest BCUT2D eigenvalue weighted by Gasteiger charge is 2.06. The van der Waals surface area contributed by atoms with Crippen molar-refractivity contribution in [2.45, 2.75) is 13.5 Å². The van der Waals surface area contributed by atoms with E-state index in [9.17, 15) is 4.79 Å². The van der Waals surface area contributed by atoms with Crippen molar-refractivity contribution in [2.24, 2.45) is 0 Å². The van der Waals surface area contributed by atoms with E-state index in [2.05, 4.69) is 4.98 Å². The number of hydrogen-bond acceptors (Lipinski definition) is 4. The van der Waals surface area contributed by atoms with Crippen LogP contribution in [0.15, 0.2) is 45.7 Å². The molecule has 3 aromatic rings. The summed E-state index contributed by atoms with van der Waals surface area (Å²) in [5.74, 6) is 1.54. The van der Waals surface area contributed by atoms with Gasteiger partial charge in [-0.1, -0.05) is 12.1 Å². The molecule has 0 unspecified atom stereocenters. The molecule has 0 saturated heterocycles. The maximum Gasteiger partial charge on any atom is 0.351 e. The molecule has 102 valence electrons. The van der Waals surface area contributed by atoms with Crippen molar-refractivity contribution in [3.8, 4) is 5.75 Å². The minimum atomic E-state index is -0.317. The second-order valence-electron chi connectivity index (χ2n) is 4.62. The molecule has 0 atom stereocenters. The predicted molar refractivity (Wildman–Crippen MR) is 75.1 cm³/mol. The van der Waals surface area contributed by atoms with Crippen LogP contribution in [0.1, 0.15) is 11.3 Å². The summed E-state index contributed by atoms with van der Waals surface area (Å²) in [6.07, 6.45) is 1.77. The smallest absolute Gasteiger partial charge is 0.351 e. The monoisotopic (exact) mass is 270 g/mol. The number of aryl methyl sites for hydroxylation is 1. The molecule has 2 heterocycles. The van der Waals surface area contributed by atoms with Crippen LogP contribution in [-0.4, -0.2) is 16.7 Å². The third-order valence-corrected chi connectivity index (χ3v) is 3.11. The van der Waals surface area contributed by atoms with Crippen LogP contribution < -0.4 is 10.4 Å². The van der Waals surface area contributed by atoms with Gasteiger partial charge in [-0.15, -0.1) is 0 Å². The van der Waals surface area contributed by atoms with E-state index in [-0.39, 0.29) is 5.69 Å². The van der Waals surface area contributed by atoms with Crippen molar-refractivity contribution in [3.63, 3.8) is 0 Å². The average molecular weight is 270 g/mol. The molecule has 20 heavy (non-hydrogen) atoms. The van der Waals surface area contributed by atoms with Gasteiger partial charge in [-0.25, -0.2) is 4.79 Å². The zero-order chi connectivity index (χ0) is 14.1. The minimum absolute atomic E-state index is 0.317. The Bertz CT molecular complexity index is 800. The van der Waals surface area contributed by atoms with Gasteiger partial charge >= 0.3 is 5.69 Å². The van der Waals surface area contributed by atoms with Crippen molar-refractivity contribution in [2.75, 3.05) is 7.11 Å². The van der Waals surface area contributed by atoms with E-state index in [4.69, 9.17) is 9.15 Å². The molecule has 0 saturated carbocycles. The number of ether oxygens (including phenoxy) is 1. The Balaban J connectivity index is 1.96. The number of methoxy groups -OCH3 is 1. The summed E-state index contributed by atoms with van der Waals surface area (Å²) in [6.45, 7) is 2.30. The lowest BCUT2D eigenvalue weighted by Gasteiger charge is -2.06. The summed E-state index contributed by atoms with van der Waals surface area (Å²) in [5, 5.41) is 0.829. The van der Waals surface area contributed by atoms with Gasteiger partial charge in [0.05, 0.1) is 19.0 Å². The van der Waals surface area contributed by atoms with Crippen molar-refractivity contribution in [3.05, 3.63) is 58.3 Å². The third-order valence-electron chi connectivity index (χ3n) is 3.11. The number of fused-ring (bicyclic) bond motifs is 1. The summed E-state index contributed by atoms with van der Waals surface area (Å²) in [7, 11) is 1.62. The van der Waals surface area contributed by atoms with E-state index in [0.717, 1.165) is 22.5 Å². The van der Waals surface area contributed by atoms with Gasteiger partial charge in [-0.3, -0.25) is 4.57 Å². The Morgan fingerprint density at radius 3 is 2.75 bits per heavy atom. The van der Waals surface area contributed by atoms with Gasteiger partial charge in [-0.05, 0) is 30.7 Å². The number of hydrogen-bond donors (Lipinski definition) is 0. The number of nitrogens with zero attached hydrogens (tertiary/aromatic N) is 2. The Hall–Kier alpha value is -2.56. The zero-order valence-corrected chi connectivity index (χ0v) is 11.3. The highest BCUT2D eigenvalue weighted by molar-refractivity contribution is 5.72. The number of furan rings is 1. The zero-order valence-electron chi connectivity index (χ0n) is 11.3. The molecule has 5 nitrogen and oxygen atoms in total. The molecule has 3 rings (SSSR count). The lowest BCUT2D eigenvalue weighted by Crippen LogP contribution is -2.22. The molecular formula is C15H14N2O3. The lowest BCUT2D eigenvalue weighted by atomic mass is 10.2. The maximum absolute atomic E-state index is 11.9. The molecule has 0 fully saturated rings. The van der Waals surface area contributed by atoms with Gasteiger partial charge in [0, 0.05) is 6.20 Å². The summed E-state index contributed by atoms with van der Waals surface area (Å²) in [5.41, 5.74) is 1.08. The van der Waals surface area contributed by atoms with Crippen LogP contribution in [0.3, 0.4) is 0 Å². The van der Waals surface area contributed by atoms with Crippen LogP contribution in [0.2, 0.25) is 0 Å². The first-order valence-corrected chi connectivity index (χ1v) is 6.26. The summed E-state index contributed by atoms with van der Waals surface area (Å²) in [4.78, 5) is 15.9. The third kappa shape index (κ3) is 2.30. The van der Waals surface area contributed by atoms with Gasteiger partial charge in [0.15, 0.2) is 0 Å². The standard InChI is InChI=1S/C15H14N2O3/c1-10-7-12-9-17(15(18)16-14(12)20-10)8-11-3-5-13(19-2)6-4-11/h3-7,9H,8H2,1-2H3. The molecule has 2 aromatic heterocycles. The second kappa shape index (κ2) is 4.85. The minimum Gasteiger partial charge on any atom is -0.497 e. The van der Waals surface area contributed by atoms with Crippen molar-refractivity contribution >= 4 is 11.1 Å². The van der Waals surface area contributed by atoms with E-state index in [0.29, 0.717) is 12.3 Å². The fourth-order valence-electron chi connectivity index (χ4n) is 2.12. The summed E-state index contributed by atoms with van der Waals surface area (Å²) < 4.78 is 12.0. The molecule has 1 aromatic carbocycles. The first-order valence-electron chi connectivity index (χ1n) is 6.26. The Morgan fingerprint density at radius 2 is 2.05 bits per heavy atom. The fourth-order valence-corrected chi connectivity index (χ4v) is 2.12. The molecule has 0 spiro atoms. The maximum atomic E-state index is 11.9. The first kappa shape index (κ1) is 12.5. The molecule has 0 aliphatic heterocycles. The van der Waals surface area contributed by atoms with E-state index in [1.54, 1.807) is 17.9 Å². The molecule has 0 radical (unpaired) electrons. The Kier molecular flexibility index (Phi) is 3.02. The quantitative estimate of drug-likeness (QED) is 0.733. The van der Waals surface area contributed by atoms with Crippen LogP contribution in [0.5, 0.6) is 5.75 Å². The summed E-state index contributed by atoms with van der Waals surface area (Å²) in [6, 6.07) is 9.46. The van der Waals surface area contributed by atoms with Crippen LogP contribution in [0.25, 0.3) is 11.1 Å². The fraction of sp³-hybridized carbons (Fsp3) is 0.200. The van der Waals surface area contributed by atoms with E-state index in [1.807, 2.05) is 37.3 Å². The van der Waals surface area contributed by atoms with Crippen LogP contribution in [0, 0.1) is 6.92 Å². The van der Waals surface area contributed by atoms with Crippen LogP contribution in [-0.2, 0) is 6.54 Å². The van der Waals surface area contributed by atoms with E-state index >= 15 is 0 Å². The van der Waals surface area contributed by atoms with E-state index < -0.39 is 0 Å². The highest BCUT2D eigenvalue weighted by atomic mass is 16.5. The normalized spacial score (nSPS) is 10.9. The molecular weight excluding hydrogens is 256 g/mol. The van der Waals surface area contributed by atoms with E-state index in [1.165, 1.54) is 0 Å². The second-order valence-corrected chi connectivity index (χ2v) is 4.62. The van der Waals surface area contributed by atoms with Gasteiger partial charge < -0.3 is 9.15 Å². The average Bonchev–Trinajstić information content (AvgIpc) is 2.79. The number of aromatic nitrogens is 2. The molecule has 0 aliphatic rings. The largest absolute Gasteiger partial charge is 0.497 e. The van der Waals surface area contributed by atoms with Crippen LogP contribution in [0.4, 0.5) is 0 Å². The topological polar surface area (TPSA) is 57.3 Å². The SMILES string of the molecule is COc1ccc(Cn2cc3cc(C)oc3nc2=O)cc1. The van der Waals surface area contributed by atoms with Crippen molar-refractivity contribution in [1.29, 1.82) is 0 Å². The Morgan fingerprint density at radius 1 is 1.30 bits per heavy atom. The van der Waals surface area contributed by atoms with Crippen molar-refractivity contribution in [1.82, 2.24) is 9.55 Å². The van der Waals surface area contributed by atoms with Crippen molar-refractivity contribution < 1.29 is 9.15 Å². The molecule has 0 N–H and O–H groups in total. The predicted octanol–water partition coefficient (Wildman–Crippen LogP) is 2.35. The van der Waals surface area contributed by atoms with Gasteiger partial charge in [0.1, 0.15) is 11.5 Å². The van der Waals surface area contributed by atoms with Gasteiger partial charge in [0.25, 0.3) is 0 Å². The Labute approximate surface area is 115 Å². The van der Waals surface area contributed by atoms with Gasteiger partial charge in [-0.2, -0.15) is 4.98 Å². The first-order chi connectivity index (χ1) is 9.65. The highest BCUT2D eigenvalue weighted by Crippen LogP contribution is 2.15. The van der Waals surface area contributed by atoms with Crippen LogP contribution >= 0.6 is 0 Å². The lowest BCUT2D eigenvalue weighted by molar-refractivity contribution is 0.414. The molecule has 0 bridgehead atoms. The number of benzene rings is 1.